The van der Waals surface area contributed by atoms with E-state index in [0.29, 0.717) is 30.0 Å². The average molecular weight is 449 g/mol. The molecule has 1 aliphatic rings. The van der Waals surface area contributed by atoms with E-state index in [1.165, 1.54) is 0 Å². The van der Waals surface area contributed by atoms with Crippen molar-refractivity contribution in [1.82, 2.24) is 15.5 Å². The average Bonchev–Trinajstić information content (AvgIpc) is 2.82. The lowest BCUT2D eigenvalue weighted by Crippen LogP contribution is -2.50. The lowest BCUT2D eigenvalue weighted by molar-refractivity contribution is -0.136. The van der Waals surface area contributed by atoms with Gasteiger partial charge in [-0.2, -0.15) is 0 Å². The highest BCUT2D eigenvalue weighted by Gasteiger charge is 2.26. The topological polar surface area (TPSA) is 95.4 Å². The first-order valence-electron chi connectivity index (χ1n) is 11.8. The Hall–Kier alpha value is -2.48. The first-order valence-corrected chi connectivity index (χ1v) is 11.8. The third-order valence-corrected chi connectivity index (χ3v) is 5.82. The SMILES string of the molecule is CCNC(=NCc1ccc(OCCO)c(OC)c1)NC1CCN(C(=O)C(CC)CC)CC1. The van der Waals surface area contributed by atoms with Crippen LogP contribution in [0.1, 0.15) is 52.0 Å². The second kappa shape index (κ2) is 13.8. The largest absolute Gasteiger partial charge is 0.493 e. The summed E-state index contributed by atoms with van der Waals surface area (Å²) < 4.78 is 10.9. The van der Waals surface area contributed by atoms with Gasteiger partial charge in [0, 0.05) is 31.6 Å². The molecule has 1 saturated heterocycles. The molecule has 8 heteroatoms. The highest BCUT2D eigenvalue weighted by molar-refractivity contribution is 5.80. The molecule has 1 fully saturated rings. The van der Waals surface area contributed by atoms with Crippen molar-refractivity contribution in [3.05, 3.63) is 23.8 Å². The first-order chi connectivity index (χ1) is 15.6. The van der Waals surface area contributed by atoms with Gasteiger partial charge in [0.15, 0.2) is 17.5 Å². The van der Waals surface area contributed by atoms with Crippen LogP contribution in [0.4, 0.5) is 0 Å². The normalized spacial score (nSPS) is 15.1. The molecule has 32 heavy (non-hydrogen) atoms. The van der Waals surface area contributed by atoms with E-state index in [0.717, 1.165) is 56.8 Å². The summed E-state index contributed by atoms with van der Waals surface area (Å²) in [6.45, 7) is 9.26. The zero-order chi connectivity index (χ0) is 23.3. The van der Waals surface area contributed by atoms with Gasteiger partial charge < -0.3 is 30.1 Å². The van der Waals surface area contributed by atoms with Gasteiger partial charge in [0.1, 0.15) is 6.61 Å². The maximum atomic E-state index is 12.6. The Bertz CT molecular complexity index is 729. The van der Waals surface area contributed by atoms with Gasteiger partial charge in [0.05, 0.1) is 20.3 Å². The van der Waals surface area contributed by atoms with Crippen LogP contribution in [0.2, 0.25) is 0 Å². The lowest BCUT2D eigenvalue weighted by atomic mass is 9.98. The monoisotopic (exact) mass is 448 g/mol. The lowest BCUT2D eigenvalue weighted by Gasteiger charge is -2.34. The molecule has 3 N–H and O–H groups in total. The number of carbonyl (C=O) groups is 1. The van der Waals surface area contributed by atoms with Gasteiger partial charge in [-0.25, -0.2) is 4.99 Å². The number of aliphatic imine (C=N–C) groups is 1. The molecule has 8 nitrogen and oxygen atoms in total. The fraction of sp³-hybridized carbons (Fsp3) is 0.667. The summed E-state index contributed by atoms with van der Waals surface area (Å²) in [7, 11) is 1.60. The molecule has 1 amide bonds. The molecule has 0 unspecified atom stereocenters. The number of nitrogens with one attached hydrogen (secondary N) is 2. The molecule has 2 rings (SSSR count). The Labute approximate surface area is 192 Å². The van der Waals surface area contributed by atoms with E-state index >= 15 is 0 Å². The predicted molar refractivity (Wildman–Crippen MR) is 127 cm³/mol. The maximum absolute atomic E-state index is 12.6. The van der Waals surface area contributed by atoms with Crippen molar-refractivity contribution < 1.29 is 19.4 Å². The van der Waals surface area contributed by atoms with Crippen molar-refractivity contribution in [3.8, 4) is 11.5 Å². The summed E-state index contributed by atoms with van der Waals surface area (Å²) in [6.07, 6.45) is 3.65. The Morgan fingerprint density at radius 2 is 1.94 bits per heavy atom. The second-order valence-corrected chi connectivity index (χ2v) is 8.01. The van der Waals surface area contributed by atoms with Gasteiger partial charge in [0.25, 0.3) is 0 Å². The number of nitrogens with zero attached hydrogens (tertiary/aromatic N) is 2. The first kappa shape index (κ1) is 25.8. The van der Waals surface area contributed by atoms with Crippen LogP contribution in [0.3, 0.4) is 0 Å². The number of ether oxygens (including phenoxy) is 2. The van der Waals surface area contributed by atoms with E-state index in [2.05, 4.69) is 24.5 Å². The van der Waals surface area contributed by atoms with Crippen molar-refractivity contribution in [2.24, 2.45) is 10.9 Å². The van der Waals surface area contributed by atoms with E-state index in [9.17, 15) is 4.79 Å². The van der Waals surface area contributed by atoms with E-state index in [4.69, 9.17) is 19.6 Å². The summed E-state index contributed by atoms with van der Waals surface area (Å²) >= 11 is 0. The number of amides is 1. The van der Waals surface area contributed by atoms with Gasteiger partial charge >= 0.3 is 0 Å². The third-order valence-electron chi connectivity index (χ3n) is 5.82. The smallest absolute Gasteiger partial charge is 0.225 e. The number of aliphatic hydroxyl groups excluding tert-OH is 1. The molecule has 1 aliphatic heterocycles. The Morgan fingerprint density at radius 1 is 1.22 bits per heavy atom. The quantitative estimate of drug-likeness (QED) is 0.356. The Balaban J connectivity index is 1.94. The van der Waals surface area contributed by atoms with Crippen LogP contribution in [-0.4, -0.2) is 67.9 Å². The fourth-order valence-corrected chi connectivity index (χ4v) is 3.91. The molecule has 0 aliphatic carbocycles. The van der Waals surface area contributed by atoms with Crippen LogP contribution < -0.4 is 20.1 Å². The molecular formula is C24H40N4O4. The molecular weight excluding hydrogens is 408 g/mol. The van der Waals surface area contributed by atoms with Crippen LogP contribution in [0.5, 0.6) is 11.5 Å². The highest BCUT2D eigenvalue weighted by atomic mass is 16.5. The number of aliphatic hydroxyl groups is 1. The van der Waals surface area contributed by atoms with Crippen molar-refractivity contribution in [1.29, 1.82) is 0 Å². The summed E-state index contributed by atoms with van der Waals surface area (Å²) in [6, 6.07) is 5.99. The molecule has 0 spiro atoms. The minimum atomic E-state index is -0.0439. The number of piperidine rings is 1. The number of rotatable bonds is 11. The number of carbonyl (C=O) groups excluding carboxylic acids is 1. The van der Waals surface area contributed by atoms with E-state index < -0.39 is 0 Å². The van der Waals surface area contributed by atoms with Gasteiger partial charge in [0.2, 0.25) is 5.91 Å². The van der Waals surface area contributed by atoms with Crippen LogP contribution in [0, 0.1) is 5.92 Å². The van der Waals surface area contributed by atoms with Gasteiger partial charge in [-0.15, -0.1) is 0 Å². The summed E-state index contributed by atoms with van der Waals surface area (Å²) in [5.74, 6) is 2.45. The zero-order valence-electron chi connectivity index (χ0n) is 20.0. The summed E-state index contributed by atoms with van der Waals surface area (Å²) in [4.78, 5) is 19.4. The van der Waals surface area contributed by atoms with Crippen molar-refractivity contribution >= 4 is 11.9 Å². The maximum Gasteiger partial charge on any atom is 0.225 e. The van der Waals surface area contributed by atoms with Crippen LogP contribution >= 0.6 is 0 Å². The standard InChI is InChI=1S/C24H40N4O4/c1-5-19(6-2)23(30)28-12-10-20(11-13-28)27-24(25-7-3)26-17-18-8-9-21(32-15-14-29)22(16-18)31-4/h8-9,16,19-20,29H,5-7,10-15,17H2,1-4H3,(H2,25,26,27). The molecule has 1 aromatic carbocycles. The molecule has 180 valence electrons. The van der Waals surface area contributed by atoms with Crippen LogP contribution in [0.25, 0.3) is 0 Å². The zero-order valence-corrected chi connectivity index (χ0v) is 20.0. The molecule has 0 aromatic heterocycles. The van der Waals surface area contributed by atoms with Crippen molar-refractivity contribution in [2.75, 3.05) is 40.0 Å². The van der Waals surface area contributed by atoms with E-state index in [1.807, 2.05) is 30.0 Å². The molecule has 0 bridgehead atoms. The number of hydrogen-bond donors (Lipinski definition) is 3. The fourth-order valence-electron chi connectivity index (χ4n) is 3.91. The minimum absolute atomic E-state index is 0.0439. The van der Waals surface area contributed by atoms with E-state index in [-0.39, 0.29) is 19.1 Å². The van der Waals surface area contributed by atoms with Gasteiger partial charge in [-0.3, -0.25) is 4.79 Å². The van der Waals surface area contributed by atoms with Gasteiger partial charge in [-0.1, -0.05) is 19.9 Å². The molecule has 0 radical (unpaired) electrons. The van der Waals surface area contributed by atoms with Crippen LogP contribution in [-0.2, 0) is 11.3 Å². The van der Waals surface area contributed by atoms with Crippen molar-refractivity contribution in [3.63, 3.8) is 0 Å². The summed E-state index contributed by atoms with van der Waals surface area (Å²) in [5.41, 5.74) is 1.00. The molecule has 1 heterocycles. The number of hydrogen-bond acceptors (Lipinski definition) is 5. The number of guanidine groups is 1. The van der Waals surface area contributed by atoms with Crippen LogP contribution in [0.15, 0.2) is 23.2 Å². The number of benzene rings is 1. The molecule has 0 saturated carbocycles. The minimum Gasteiger partial charge on any atom is -0.493 e. The number of likely N-dealkylation sites (tertiary alicyclic amines) is 1. The Morgan fingerprint density at radius 3 is 2.53 bits per heavy atom. The Kier molecular flexibility index (Phi) is 11.1. The number of methoxy groups -OCH3 is 1. The third kappa shape index (κ3) is 7.58. The van der Waals surface area contributed by atoms with E-state index in [1.54, 1.807) is 7.11 Å². The highest BCUT2D eigenvalue weighted by Crippen LogP contribution is 2.28. The molecule has 0 atom stereocenters. The second-order valence-electron chi connectivity index (χ2n) is 8.01. The predicted octanol–water partition coefficient (Wildman–Crippen LogP) is 2.55. The van der Waals surface area contributed by atoms with Crippen molar-refractivity contribution in [2.45, 2.75) is 59.0 Å². The molecule has 1 aromatic rings. The summed E-state index contributed by atoms with van der Waals surface area (Å²) in [5, 5.41) is 15.8. The van der Waals surface area contributed by atoms with Gasteiger partial charge in [-0.05, 0) is 50.3 Å².